The van der Waals surface area contributed by atoms with E-state index in [1.54, 1.807) is 13.1 Å². The lowest BCUT2D eigenvalue weighted by molar-refractivity contribution is 0.101. The van der Waals surface area contributed by atoms with Gasteiger partial charge in [0, 0.05) is 7.05 Å². The van der Waals surface area contributed by atoms with E-state index in [0.29, 0.717) is 11.6 Å². The van der Waals surface area contributed by atoms with Crippen LogP contribution >= 0.6 is 27.3 Å². The number of hydrogen-bond acceptors (Lipinski definition) is 6. The maximum absolute atomic E-state index is 12.1. The summed E-state index contributed by atoms with van der Waals surface area (Å²) in [6.07, 6.45) is 0. The Labute approximate surface area is 132 Å². The van der Waals surface area contributed by atoms with Gasteiger partial charge in [-0.05, 0) is 41.1 Å². The highest BCUT2D eigenvalue weighted by molar-refractivity contribution is 9.11. The average molecular weight is 368 g/mol. The number of anilines is 1. The van der Waals surface area contributed by atoms with Gasteiger partial charge in [0.2, 0.25) is 0 Å². The number of aryl methyl sites for hydroxylation is 2. The van der Waals surface area contributed by atoms with Crippen LogP contribution in [0.15, 0.2) is 26.4 Å². The molecule has 0 spiro atoms. The van der Waals surface area contributed by atoms with Gasteiger partial charge in [-0.25, -0.2) is 0 Å². The molecule has 0 bridgehead atoms. The highest BCUT2D eigenvalue weighted by atomic mass is 79.9. The van der Waals surface area contributed by atoms with Gasteiger partial charge >= 0.3 is 6.01 Å². The largest absolute Gasteiger partial charge is 0.402 e. The van der Waals surface area contributed by atoms with Crippen LogP contribution in [0.4, 0.5) is 6.01 Å². The van der Waals surface area contributed by atoms with Gasteiger partial charge in [0.15, 0.2) is 0 Å². The van der Waals surface area contributed by atoms with E-state index in [1.165, 1.54) is 16.0 Å². The van der Waals surface area contributed by atoms with Crippen molar-refractivity contribution in [1.29, 1.82) is 0 Å². The smallest absolute Gasteiger partial charge is 0.322 e. The SMILES string of the molecule is Cc1cc(C(=O)Nc2nnc(-c3ccc(Br)s3)o2)n(C)n1. The van der Waals surface area contributed by atoms with Crippen molar-refractivity contribution in [2.75, 3.05) is 5.32 Å². The normalized spacial score (nSPS) is 10.8. The van der Waals surface area contributed by atoms with Crippen molar-refractivity contribution in [3.63, 3.8) is 0 Å². The molecule has 0 radical (unpaired) electrons. The van der Waals surface area contributed by atoms with Gasteiger partial charge < -0.3 is 4.42 Å². The van der Waals surface area contributed by atoms with Gasteiger partial charge in [-0.15, -0.1) is 16.4 Å². The summed E-state index contributed by atoms with van der Waals surface area (Å²) in [4.78, 5) is 12.9. The zero-order valence-electron chi connectivity index (χ0n) is 11.1. The fourth-order valence-electron chi connectivity index (χ4n) is 1.79. The van der Waals surface area contributed by atoms with Crippen molar-refractivity contribution in [2.45, 2.75) is 6.92 Å². The number of hydrogen-bond donors (Lipinski definition) is 1. The van der Waals surface area contributed by atoms with Crippen molar-refractivity contribution < 1.29 is 9.21 Å². The van der Waals surface area contributed by atoms with E-state index < -0.39 is 0 Å². The maximum Gasteiger partial charge on any atom is 0.322 e. The fourth-order valence-corrected chi connectivity index (χ4v) is 3.09. The standard InChI is InChI=1S/C12H10BrN5O2S/c1-6-5-7(18(2)17-6)10(19)14-12-16-15-11(20-12)8-3-4-9(13)21-8/h3-5H,1-2H3,(H,14,16,19). The van der Waals surface area contributed by atoms with Crippen LogP contribution in [0.1, 0.15) is 16.2 Å². The van der Waals surface area contributed by atoms with Crippen LogP contribution in [0.2, 0.25) is 0 Å². The predicted octanol–water partition coefficient (Wildman–Crippen LogP) is 2.85. The molecule has 9 heteroatoms. The summed E-state index contributed by atoms with van der Waals surface area (Å²) in [5.74, 6) is 0.0165. The Bertz CT molecular complexity index is 806. The Balaban J connectivity index is 1.78. The third-order valence-corrected chi connectivity index (χ3v) is 4.28. The second-order valence-corrected chi connectivity index (χ2v) is 6.73. The number of thiophene rings is 1. The lowest BCUT2D eigenvalue weighted by atomic mass is 10.3. The minimum Gasteiger partial charge on any atom is -0.402 e. The lowest BCUT2D eigenvalue weighted by Crippen LogP contribution is -2.16. The van der Waals surface area contributed by atoms with E-state index in [2.05, 4.69) is 36.5 Å². The van der Waals surface area contributed by atoms with Gasteiger partial charge in [0.25, 0.3) is 11.8 Å². The molecule has 21 heavy (non-hydrogen) atoms. The molecule has 3 rings (SSSR count). The summed E-state index contributed by atoms with van der Waals surface area (Å²) in [6.45, 7) is 1.82. The molecule has 0 unspecified atom stereocenters. The Morgan fingerprint density at radius 1 is 1.43 bits per heavy atom. The van der Waals surface area contributed by atoms with E-state index in [1.807, 2.05) is 19.1 Å². The first-order valence-corrected chi connectivity index (χ1v) is 7.55. The van der Waals surface area contributed by atoms with Crippen molar-refractivity contribution in [2.24, 2.45) is 7.05 Å². The van der Waals surface area contributed by atoms with Crippen molar-refractivity contribution in [3.8, 4) is 10.8 Å². The minimum atomic E-state index is -0.347. The van der Waals surface area contributed by atoms with Crippen molar-refractivity contribution in [1.82, 2.24) is 20.0 Å². The Morgan fingerprint density at radius 3 is 2.86 bits per heavy atom. The van der Waals surface area contributed by atoms with Crippen LogP contribution in [0.3, 0.4) is 0 Å². The first-order chi connectivity index (χ1) is 10.0. The summed E-state index contributed by atoms with van der Waals surface area (Å²) in [5.41, 5.74) is 1.18. The summed E-state index contributed by atoms with van der Waals surface area (Å²) in [5, 5.41) is 14.4. The topological polar surface area (TPSA) is 85.8 Å². The second-order valence-electron chi connectivity index (χ2n) is 4.26. The molecule has 1 N–H and O–H groups in total. The van der Waals surface area contributed by atoms with E-state index in [9.17, 15) is 4.79 Å². The average Bonchev–Trinajstić information content (AvgIpc) is 3.10. The van der Waals surface area contributed by atoms with Crippen LogP contribution in [0.5, 0.6) is 0 Å². The first kappa shape index (κ1) is 14.0. The molecule has 1 amide bonds. The lowest BCUT2D eigenvalue weighted by Gasteiger charge is -1.99. The van der Waals surface area contributed by atoms with Gasteiger partial charge in [-0.2, -0.15) is 5.10 Å². The van der Waals surface area contributed by atoms with Crippen LogP contribution < -0.4 is 5.32 Å². The van der Waals surface area contributed by atoms with Crippen molar-refractivity contribution in [3.05, 3.63) is 33.4 Å². The number of nitrogens with zero attached hydrogens (tertiary/aromatic N) is 4. The zero-order valence-corrected chi connectivity index (χ0v) is 13.5. The van der Waals surface area contributed by atoms with E-state index in [0.717, 1.165) is 14.4 Å². The fraction of sp³-hybridized carbons (Fsp3) is 0.167. The van der Waals surface area contributed by atoms with E-state index in [-0.39, 0.29) is 11.9 Å². The highest BCUT2D eigenvalue weighted by Crippen LogP contribution is 2.30. The minimum absolute atomic E-state index is 0.0541. The molecule has 0 aliphatic carbocycles. The number of aromatic nitrogens is 4. The first-order valence-electron chi connectivity index (χ1n) is 5.94. The molecule has 0 aliphatic rings. The molecule has 0 aliphatic heterocycles. The maximum atomic E-state index is 12.1. The molecule has 3 heterocycles. The van der Waals surface area contributed by atoms with Gasteiger partial charge in [0.05, 0.1) is 14.4 Å². The molecule has 7 nitrogen and oxygen atoms in total. The highest BCUT2D eigenvalue weighted by Gasteiger charge is 2.16. The number of carbonyl (C=O) groups is 1. The molecule has 3 aromatic rings. The summed E-state index contributed by atoms with van der Waals surface area (Å²) >= 11 is 4.84. The van der Waals surface area contributed by atoms with Gasteiger partial charge in [0.1, 0.15) is 5.69 Å². The molecule has 3 aromatic heterocycles. The zero-order chi connectivity index (χ0) is 15.0. The van der Waals surface area contributed by atoms with Crippen molar-refractivity contribution >= 4 is 39.2 Å². The van der Waals surface area contributed by atoms with Crippen LogP contribution in [-0.2, 0) is 7.05 Å². The van der Waals surface area contributed by atoms with Gasteiger partial charge in [-0.1, -0.05) is 5.10 Å². The van der Waals surface area contributed by atoms with Crippen LogP contribution in [-0.4, -0.2) is 25.9 Å². The number of nitrogens with one attached hydrogen (secondary N) is 1. The van der Waals surface area contributed by atoms with E-state index >= 15 is 0 Å². The summed E-state index contributed by atoms with van der Waals surface area (Å²) in [7, 11) is 1.70. The third-order valence-electron chi connectivity index (χ3n) is 2.66. The molecule has 0 saturated heterocycles. The Hall–Kier alpha value is -2.00. The number of rotatable bonds is 3. The monoisotopic (exact) mass is 367 g/mol. The van der Waals surface area contributed by atoms with E-state index in [4.69, 9.17) is 4.42 Å². The molecular weight excluding hydrogens is 358 g/mol. The Morgan fingerprint density at radius 2 is 2.24 bits per heavy atom. The molecule has 108 valence electrons. The molecule has 0 aromatic carbocycles. The quantitative estimate of drug-likeness (QED) is 0.768. The molecule has 0 fully saturated rings. The molecular formula is C12H10BrN5O2S. The third kappa shape index (κ3) is 2.88. The molecule has 0 saturated carbocycles. The second kappa shape index (κ2) is 5.41. The number of carbonyl (C=O) groups excluding carboxylic acids is 1. The molecule has 0 atom stereocenters. The predicted molar refractivity (Wildman–Crippen MR) is 81.2 cm³/mol. The van der Waals surface area contributed by atoms with Gasteiger partial charge in [-0.3, -0.25) is 14.8 Å². The summed E-state index contributed by atoms with van der Waals surface area (Å²) in [6, 6.07) is 5.49. The number of amides is 1. The van der Waals surface area contributed by atoms with Crippen LogP contribution in [0.25, 0.3) is 10.8 Å². The van der Waals surface area contributed by atoms with Crippen LogP contribution in [0, 0.1) is 6.92 Å². The Kier molecular flexibility index (Phi) is 3.60. The number of halogens is 1. The summed E-state index contributed by atoms with van der Waals surface area (Å²) < 4.78 is 7.89.